The number of pyridine rings is 1. The number of carbonyl (C=O) groups excluding carboxylic acids is 2. The Labute approximate surface area is 181 Å². The average molecular weight is 421 g/mol. The number of carbonyl (C=O) groups is 2. The topological polar surface area (TPSA) is 71.8 Å². The highest BCUT2D eigenvalue weighted by Gasteiger charge is 2.46. The minimum absolute atomic E-state index is 0.00623. The van der Waals surface area contributed by atoms with Crippen LogP contribution in [0.1, 0.15) is 36.1 Å². The first-order chi connectivity index (χ1) is 15.0. The SMILES string of the molecule is COc1ccc(C2C(C(=O)N3CC4CC(C3)c3cccc(=O)n3C4)CC(=O)N2C)cc1. The van der Waals surface area contributed by atoms with Crippen molar-refractivity contribution in [2.24, 2.45) is 11.8 Å². The Morgan fingerprint density at radius 3 is 2.55 bits per heavy atom. The maximum absolute atomic E-state index is 13.7. The molecule has 2 amide bonds. The lowest BCUT2D eigenvalue weighted by Gasteiger charge is -2.43. The van der Waals surface area contributed by atoms with Gasteiger partial charge in [-0.15, -0.1) is 0 Å². The molecule has 4 heterocycles. The molecule has 31 heavy (non-hydrogen) atoms. The number of ether oxygens (including phenoxy) is 1. The number of amides is 2. The summed E-state index contributed by atoms with van der Waals surface area (Å²) in [4.78, 5) is 42.1. The summed E-state index contributed by atoms with van der Waals surface area (Å²) in [6.45, 7) is 1.89. The lowest BCUT2D eigenvalue weighted by Crippen LogP contribution is -2.51. The van der Waals surface area contributed by atoms with Crippen LogP contribution in [0.4, 0.5) is 0 Å². The van der Waals surface area contributed by atoms with Gasteiger partial charge in [0.25, 0.3) is 5.56 Å². The number of methoxy groups -OCH3 is 1. The summed E-state index contributed by atoms with van der Waals surface area (Å²) in [6.07, 6.45) is 1.23. The molecule has 2 bridgehead atoms. The Bertz CT molecular complexity index is 1080. The van der Waals surface area contributed by atoms with E-state index in [-0.39, 0.29) is 41.7 Å². The van der Waals surface area contributed by atoms with Gasteiger partial charge in [-0.1, -0.05) is 18.2 Å². The van der Waals surface area contributed by atoms with E-state index in [4.69, 9.17) is 4.74 Å². The van der Waals surface area contributed by atoms with Crippen LogP contribution in [0.2, 0.25) is 0 Å². The van der Waals surface area contributed by atoms with Crippen LogP contribution in [0.3, 0.4) is 0 Å². The predicted molar refractivity (Wildman–Crippen MR) is 115 cm³/mol. The van der Waals surface area contributed by atoms with Gasteiger partial charge in [0.2, 0.25) is 11.8 Å². The normalized spacial score (nSPS) is 27.2. The molecule has 7 nitrogen and oxygen atoms in total. The number of hydrogen-bond acceptors (Lipinski definition) is 4. The monoisotopic (exact) mass is 421 g/mol. The molecule has 5 rings (SSSR count). The van der Waals surface area contributed by atoms with Crippen LogP contribution in [-0.2, 0) is 16.1 Å². The first-order valence-electron chi connectivity index (χ1n) is 10.8. The van der Waals surface area contributed by atoms with Crippen molar-refractivity contribution in [3.8, 4) is 5.75 Å². The number of nitrogens with zero attached hydrogens (tertiary/aromatic N) is 3. The Morgan fingerprint density at radius 1 is 1.03 bits per heavy atom. The van der Waals surface area contributed by atoms with Gasteiger partial charge in [-0.05, 0) is 36.1 Å². The van der Waals surface area contributed by atoms with Crippen molar-refractivity contribution in [1.29, 1.82) is 0 Å². The highest BCUT2D eigenvalue weighted by molar-refractivity contribution is 5.90. The first-order valence-corrected chi connectivity index (χ1v) is 10.8. The second-order valence-electron chi connectivity index (χ2n) is 8.97. The minimum atomic E-state index is -0.400. The van der Waals surface area contributed by atoms with Gasteiger partial charge in [-0.2, -0.15) is 0 Å². The van der Waals surface area contributed by atoms with Crippen LogP contribution in [-0.4, -0.2) is 53.4 Å². The molecule has 162 valence electrons. The Balaban J connectivity index is 1.41. The lowest BCUT2D eigenvalue weighted by atomic mass is 9.82. The molecule has 1 aromatic heterocycles. The molecule has 0 spiro atoms. The fraction of sp³-hybridized carbons (Fsp3) is 0.458. The van der Waals surface area contributed by atoms with Crippen molar-refractivity contribution < 1.29 is 14.3 Å². The molecule has 2 fully saturated rings. The van der Waals surface area contributed by atoms with E-state index in [0.717, 1.165) is 23.4 Å². The lowest BCUT2D eigenvalue weighted by molar-refractivity contribution is -0.139. The van der Waals surface area contributed by atoms with E-state index in [0.29, 0.717) is 19.6 Å². The third kappa shape index (κ3) is 3.32. The molecule has 0 radical (unpaired) electrons. The van der Waals surface area contributed by atoms with Gasteiger partial charge in [-0.3, -0.25) is 14.4 Å². The van der Waals surface area contributed by atoms with Gasteiger partial charge in [-0.25, -0.2) is 0 Å². The minimum Gasteiger partial charge on any atom is -0.497 e. The van der Waals surface area contributed by atoms with E-state index >= 15 is 0 Å². The molecule has 3 aliphatic heterocycles. The Hall–Kier alpha value is -3.09. The molecule has 2 saturated heterocycles. The molecule has 1 aromatic carbocycles. The van der Waals surface area contributed by atoms with E-state index in [1.807, 2.05) is 39.8 Å². The molecule has 3 aliphatic rings. The third-order valence-corrected chi connectivity index (χ3v) is 7.15. The van der Waals surface area contributed by atoms with Crippen molar-refractivity contribution in [2.75, 3.05) is 27.2 Å². The van der Waals surface area contributed by atoms with E-state index in [2.05, 4.69) is 0 Å². The van der Waals surface area contributed by atoms with E-state index in [1.54, 1.807) is 31.2 Å². The Kier molecular flexibility index (Phi) is 4.84. The summed E-state index contributed by atoms with van der Waals surface area (Å²) >= 11 is 0. The van der Waals surface area contributed by atoms with Crippen molar-refractivity contribution >= 4 is 11.8 Å². The Morgan fingerprint density at radius 2 is 1.81 bits per heavy atom. The van der Waals surface area contributed by atoms with Crippen molar-refractivity contribution in [3.05, 3.63) is 64.1 Å². The number of aromatic nitrogens is 1. The molecule has 2 aromatic rings. The van der Waals surface area contributed by atoms with Gasteiger partial charge >= 0.3 is 0 Å². The second kappa shape index (κ2) is 7.55. The van der Waals surface area contributed by atoms with Crippen LogP contribution < -0.4 is 10.3 Å². The van der Waals surface area contributed by atoms with Crippen LogP contribution in [0.25, 0.3) is 0 Å². The number of rotatable bonds is 3. The molecule has 0 aliphatic carbocycles. The van der Waals surface area contributed by atoms with Gasteiger partial charge in [0.05, 0.1) is 19.1 Å². The fourth-order valence-electron chi connectivity index (χ4n) is 5.66. The first kappa shape index (κ1) is 19.8. The molecule has 7 heteroatoms. The predicted octanol–water partition coefficient (Wildman–Crippen LogP) is 2.02. The molecule has 0 saturated carbocycles. The number of benzene rings is 1. The van der Waals surface area contributed by atoms with Crippen LogP contribution in [0, 0.1) is 11.8 Å². The fourth-order valence-corrected chi connectivity index (χ4v) is 5.66. The van der Waals surface area contributed by atoms with Crippen molar-refractivity contribution in [1.82, 2.24) is 14.4 Å². The number of fused-ring (bicyclic) bond motifs is 4. The van der Waals surface area contributed by atoms with Gasteiger partial charge < -0.3 is 19.1 Å². The largest absolute Gasteiger partial charge is 0.497 e. The maximum Gasteiger partial charge on any atom is 0.250 e. The van der Waals surface area contributed by atoms with Crippen LogP contribution in [0.15, 0.2) is 47.3 Å². The molecular formula is C24H27N3O4. The highest BCUT2D eigenvalue weighted by Crippen LogP contribution is 2.41. The smallest absolute Gasteiger partial charge is 0.250 e. The number of hydrogen-bond donors (Lipinski definition) is 0. The standard InChI is InChI=1S/C24H27N3O4/c1-25-22(29)11-19(23(25)16-6-8-18(31-2)9-7-16)24(30)26-12-15-10-17(14-26)20-4-3-5-21(28)27(20)13-15/h3-9,15,17,19,23H,10-14H2,1-2H3. The van der Waals surface area contributed by atoms with Gasteiger partial charge in [0, 0.05) is 50.8 Å². The van der Waals surface area contributed by atoms with E-state index in [1.165, 1.54) is 0 Å². The van der Waals surface area contributed by atoms with Crippen LogP contribution in [0.5, 0.6) is 5.75 Å². The summed E-state index contributed by atoms with van der Waals surface area (Å²) in [5, 5.41) is 0. The summed E-state index contributed by atoms with van der Waals surface area (Å²) < 4.78 is 7.12. The van der Waals surface area contributed by atoms with Crippen molar-refractivity contribution in [3.63, 3.8) is 0 Å². The summed E-state index contributed by atoms with van der Waals surface area (Å²) in [5.74, 6) is 0.816. The zero-order chi connectivity index (χ0) is 21.7. The zero-order valence-electron chi connectivity index (χ0n) is 17.9. The molecule has 4 unspecified atom stereocenters. The molecule has 4 atom stereocenters. The summed E-state index contributed by atoms with van der Waals surface area (Å²) in [5.41, 5.74) is 2.00. The third-order valence-electron chi connectivity index (χ3n) is 7.15. The number of likely N-dealkylation sites (tertiary alicyclic amines) is 2. The average Bonchev–Trinajstić information content (AvgIpc) is 3.08. The number of piperidine rings is 1. The van der Waals surface area contributed by atoms with E-state index < -0.39 is 5.92 Å². The summed E-state index contributed by atoms with van der Waals surface area (Å²) in [7, 11) is 3.39. The van der Waals surface area contributed by atoms with Crippen LogP contribution >= 0.6 is 0 Å². The maximum atomic E-state index is 13.7. The van der Waals surface area contributed by atoms with Gasteiger partial charge in [0.15, 0.2) is 0 Å². The van der Waals surface area contributed by atoms with E-state index in [9.17, 15) is 14.4 Å². The molecular weight excluding hydrogens is 394 g/mol. The quantitative estimate of drug-likeness (QED) is 0.760. The molecule has 0 N–H and O–H groups in total. The summed E-state index contributed by atoms with van der Waals surface area (Å²) in [6, 6.07) is 12.7. The van der Waals surface area contributed by atoms with Gasteiger partial charge in [0.1, 0.15) is 5.75 Å². The highest BCUT2D eigenvalue weighted by atomic mass is 16.5. The second-order valence-corrected chi connectivity index (χ2v) is 8.97. The zero-order valence-corrected chi connectivity index (χ0v) is 17.9. The van der Waals surface area contributed by atoms with Crippen molar-refractivity contribution in [2.45, 2.75) is 31.3 Å².